The van der Waals surface area contributed by atoms with E-state index in [1.165, 1.54) is 32.4 Å². The van der Waals surface area contributed by atoms with E-state index < -0.39 is 0 Å². The summed E-state index contributed by atoms with van der Waals surface area (Å²) in [5.41, 5.74) is -0.169. The van der Waals surface area contributed by atoms with Crippen LogP contribution >= 0.6 is 0 Å². The first-order valence-electron chi connectivity index (χ1n) is 6.87. The number of likely N-dealkylation sites (tertiary alicyclic amines) is 1. The van der Waals surface area contributed by atoms with Gasteiger partial charge in [0.05, 0.1) is 11.5 Å². The van der Waals surface area contributed by atoms with E-state index in [1.54, 1.807) is 0 Å². The van der Waals surface area contributed by atoms with Gasteiger partial charge >= 0.3 is 0 Å². The summed E-state index contributed by atoms with van der Waals surface area (Å²) in [6.45, 7) is 7.59. The van der Waals surface area contributed by atoms with Crippen LogP contribution in [0.5, 0.6) is 0 Å². The first-order chi connectivity index (χ1) is 8.02. The van der Waals surface area contributed by atoms with Crippen molar-refractivity contribution in [3.63, 3.8) is 0 Å². The Hall–Kier alpha value is -0.590. The molecule has 0 aliphatic carbocycles. The van der Waals surface area contributed by atoms with Gasteiger partial charge < -0.3 is 4.90 Å². The van der Waals surface area contributed by atoms with Gasteiger partial charge in [-0.2, -0.15) is 5.26 Å². The van der Waals surface area contributed by atoms with Crippen LogP contribution in [0.25, 0.3) is 0 Å². The smallest absolute Gasteiger partial charge is 0.0684 e. The molecule has 17 heavy (non-hydrogen) atoms. The second-order valence-electron chi connectivity index (χ2n) is 6.39. The molecule has 0 aromatic heterocycles. The lowest BCUT2D eigenvalue weighted by Crippen LogP contribution is -2.37. The summed E-state index contributed by atoms with van der Waals surface area (Å²) in [6, 6.07) is 3.97. The average Bonchev–Trinajstić information content (AvgIpc) is 2.52. The molecular weight excluding hydrogens is 210 g/mol. The quantitative estimate of drug-likeness (QED) is 0.750. The molecule has 2 atom stereocenters. The van der Waals surface area contributed by atoms with Crippen LogP contribution < -0.4 is 0 Å². The van der Waals surface area contributed by atoms with Gasteiger partial charge in [0.15, 0.2) is 0 Å². The third kappa shape index (κ3) is 3.00. The highest BCUT2D eigenvalue weighted by molar-refractivity contribution is 4.94. The van der Waals surface area contributed by atoms with Gasteiger partial charge in [0.2, 0.25) is 0 Å². The Labute approximate surface area is 105 Å². The van der Waals surface area contributed by atoms with Gasteiger partial charge in [-0.3, -0.25) is 4.90 Å². The van der Waals surface area contributed by atoms with E-state index in [4.69, 9.17) is 5.26 Å². The third-order valence-electron chi connectivity index (χ3n) is 4.59. The first-order valence-corrected chi connectivity index (χ1v) is 6.87. The SMILES string of the molecule is CN1C2CCC1CN(CCC(C)(C)C#N)CC2. The molecule has 0 radical (unpaired) electrons. The highest BCUT2D eigenvalue weighted by Gasteiger charge is 2.34. The molecular formula is C14H25N3. The van der Waals surface area contributed by atoms with E-state index in [1.807, 2.05) is 13.8 Å². The van der Waals surface area contributed by atoms with Crippen LogP contribution in [-0.4, -0.2) is 48.6 Å². The van der Waals surface area contributed by atoms with E-state index >= 15 is 0 Å². The van der Waals surface area contributed by atoms with Crippen molar-refractivity contribution in [1.29, 1.82) is 5.26 Å². The lowest BCUT2D eigenvalue weighted by atomic mass is 9.91. The number of hydrogen-bond acceptors (Lipinski definition) is 3. The molecule has 2 bridgehead atoms. The van der Waals surface area contributed by atoms with Crippen LogP contribution in [0.2, 0.25) is 0 Å². The van der Waals surface area contributed by atoms with E-state index in [0.29, 0.717) is 0 Å². The number of nitriles is 1. The summed E-state index contributed by atoms with van der Waals surface area (Å²) in [6.07, 6.45) is 5.04. The van der Waals surface area contributed by atoms with Crippen molar-refractivity contribution < 1.29 is 0 Å². The molecule has 0 saturated carbocycles. The maximum Gasteiger partial charge on any atom is 0.0684 e. The predicted octanol–water partition coefficient (Wildman–Crippen LogP) is 2.09. The van der Waals surface area contributed by atoms with Crippen molar-refractivity contribution in [2.24, 2.45) is 5.41 Å². The van der Waals surface area contributed by atoms with E-state index in [2.05, 4.69) is 22.9 Å². The van der Waals surface area contributed by atoms with Crippen molar-refractivity contribution in [1.82, 2.24) is 9.80 Å². The van der Waals surface area contributed by atoms with Crippen LogP contribution in [0.1, 0.15) is 39.5 Å². The summed E-state index contributed by atoms with van der Waals surface area (Å²) >= 11 is 0. The molecule has 0 N–H and O–H groups in total. The van der Waals surface area contributed by atoms with Crippen LogP contribution in [0.3, 0.4) is 0 Å². The molecule has 2 heterocycles. The van der Waals surface area contributed by atoms with Gasteiger partial charge in [-0.25, -0.2) is 0 Å². The molecule has 3 heteroatoms. The molecule has 2 aliphatic rings. The largest absolute Gasteiger partial charge is 0.302 e. The number of likely N-dealkylation sites (N-methyl/N-ethyl adjacent to an activating group) is 1. The molecule has 2 aliphatic heterocycles. The molecule has 0 aromatic rings. The highest BCUT2D eigenvalue weighted by Crippen LogP contribution is 2.29. The Morgan fingerprint density at radius 1 is 1.24 bits per heavy atom. The lowest BCUT2D eigenvalue weighted by Gasteiger charge is -2.27. The zero-order valence-corrected chi connectivity index (χ0v) is 11.4. The van der Waals surface area contributed by atoms with E-state index in [0.717, 1.165) is 25.0 Å². The Morgan fingerprint density at radius 2 is 1.94 bits per heavy atom. The molecule has 0 aromatic carbocycles. The fourth-order valence-electron chi connectivity index (χ4n) is 3.08. The van der Waals surface area contributed by atoms with Gasteiger partial charge in [0.1, 0.15) is 0 Å². The van der Waals surface area contributed by atoms with Gasteiger partial charge in [-0.1, -0.05) is 0 Å². The Bertz CT molecular complexity index is 305. The second kappa shape index (κ2) is 4.96. The predicted molar refractivity (Wildman–Crippen MR) is 69.6 cm³/mol. The van der Waals surface area contributed by atoms with Gasteiger partial charge in [-0.05, 0) is 59.7 Å². The zero-order valence-electron chi connectivity index (χ0n) is 11.4. The van der Waals surface area contributed by atoms with Crippen molar-refractivity contribution >= 4 is 0 Å². The fourth-order valence-corrected chi connectivity index (χ4v) is 3.08. The van der Waals surface area contributed by atoms with Crippen LogP contribution in [0, 0.1) is 16.7 Å². The molecule has 3 nitrogen and oxygen atoms in total. The van der Waals surface area contributed by atoms with Gasteiger partial charge in [-0.15, -0.1) is 0 Å². The molecule has 2 fully saturated rings. The second-order valence-corrected chi connectivity index (χ2v) is 6.39. The molecule has 2 unspecified atom stereocenters. The Balaban J connectivity index is 1.86. The number of rotatable bonds is 3. The number of hydrogen-bond donors (Lipinski definition) is 0. The van der Waals surface area contributed by atoms with Crippen molar-refractivity contribution in [2.75, 3.05) is 26.7 Å². The first kappa shape index (κ1) is 12.9. The topological polar surface area (TPSA) is 30.3 Å². The minimum absolute atomic E-state index is 0.169. The average molecular weight is 235 g/mol. The Kier molecular flexibility index (Phi) is 3.75. The maximum atomic E-state index is 9.05. The molecule has 96 valence electrons. The summed E-state index contributed by atoms with van der Waals surface area (Å²) in [5.74, 6) is 0. The van der Waals surface area contributed by atoms with Gasteiger partial charge in [0.25, 0.3) is 0 Å². The number of nitrogens with zero attached hydrogens (tertiary/aromatic N) is 3. The van der Waals surface area contributed by atoms with Crippen LogP contribution in [0.4, 0.5) is 0 Å². The van der Waals surface area contributed by atoms with Crippen LogP contribution in [0.15, 0.2) is 0 Å². The standard InChI is InChI=1S/C14H25N3/c1-14(2,11-15)7-9-17-8-6-12-4-5-13(10-17)16(12)3/h12-13H,4-10H2,1-3H3. The minimum atomic E-state index is -0.169. The van der Waals surface area contributed by atoms with Gasteiger partial charge in [0, 0.05) is 18.6 Å². The maximum absolute atomic E-state index is 9.05. The summed E-state index contributed by atoms with van der Waals surface area (Å²) in [4.78, 5) is 5.15. The van der Waals surface area contributed by atoms with Crippen molar-refractivity contribution in [3.05, 3.63) is 0 Å². The zero-order chi connectivity index (χ0) is 12.5. The summed E-state index contributed by atoms with van der Waals surface area (Å²) in [7, 11) is 2.28. The van der Waals surface area contributed by atoms with Crippen molar-refractivity contribution in [3.8, 4) is 6.07 Å². The lowest BCUT2D eigenvalue weighted by molar-refractivity contribution is 0.206. The molecule has 2 saturated heterocycles. The van der Waals surface area contributed by atoms with E-state index in [-0.39, 0.29) is 5.41 Å². The highest BCUT2D eigenvalue weighted by atomic mass is 15.3. The summed E-state index contributed by atoms with van der Waals surface area (Å²) in [5, 5.41) is 9.05. The molecule has 2 rings (SSSR count). The monoisotopic (exact) mass is 235 g/mol. The molecule has 0 amide bonds. The van der Waals surface area contributed by atoms with Crippen LogP contribution in [-0.2, 0) is 0 Å². The fraction of sp³-hybridized carbons (Fsp3) is 0.929. The van der Waals surface area contributed by atoms with Crippen molar-refractivity contribution in [2.45, 2.75) is 51.6 Å². The van der Waals surface area contributed by atoms with E-state index in [9.17, 15) is 0 Å². The third-order valence-corrected chi connectivity index (χ3v) is 4.59. The normalized spacial score (nSPS) is 31.2. The minimum Gasteiger partial charge on any atom is -0.302 e. The number of fused-ring (bicyclic) bond motifs is 2. The summed E-state index contributed by atoms with van der Waals surface area (Å²) < 4.78 is 0. The Morgan fingerprint density at radius 3 is 2.65 bits per heavy atom. The molecule has 0 spiro atoms.